The van der Waals surface area contributed by atoms with Crippen molar-refractivity contribution >= 4 is 0 Å². The van der Waals surface area contributed by atoms with Crippen molar-refractivity contribution in [1.29, 1.82) is 5.26 Å². The molecule has 0 heterocycles. The molecular formula is C12H15NO2. The van der Waals surface area contributed by atoms with Crippen molar-refractivity contribution in [2.45, 2.75) is 19.8 Å². The van der Waals surface area contributed by atoms with Crippen molar-refractivity contribution in [1.82, 2.24) is 0 Å². The summed E-state index contributed by atoms with van der Waals surface area (Å²) in [6, 6.07) is 9.65. The topological polar surface area (TPSA) is 42.2 Å². The van der Waals surface area contributed by atoms with Crippen LogP contribution in [0, 0.1) is 11.3 Å². The maximum absolute atomic E-state index is 8.37. The predicted molar refractivity (Wildman–Crippen MR) is 58.0 cm³/mol. The van der Waals surface area contributed by atoms with Crippen LogP contribution in [0.2, 0.25) is 0 Å². The highest BCUT2D eigenvalue weighted by Crippen LogP contribution is 2.26. The Labute approximate surface area is 90.2 Å². The Morgan fingerprint density at radius 2 is 1.87 bits per heavy atom. The molecule has 15 heavy (non-hydrogen) atoms. The van der Waals surface area contributed by atoms with Crippen molar-refractivity contribution in [3.05, 3.63) is 24.3 Å². The number of ether oxygens (including phenoxy) is 2. The van der Waals surface area contributed by atoms with E-state index in [4.69, 9.17) is 14.7 Å². The molecule has 0 bridgehead atoms. The number of hydrogen-bond acceptors (Lipinski definition) is 3. The molecule has 0 aliphatic heterocycles. The first-order valence-corrected chi connectivity index (χ1v) is 5.10. The fraction of sp³-hybridized carbons (Fsp3) is 0.417. The highest BCUT2D eigenvalue weighted by atomic mass is 16.5. The maximum atomic E-state index is 8.37. The first-order chi connectivity index (χ1) is 7.38. The van der Waals surface area contributed by atoms with Crippen LogP contribution in [0.1, 0.15) is 19.8 Å². The lowest BCUT2D eigenvalue weighted by atomic mass is 10.3. The summed E-state index contributed by atoms with van der Waals surface area (Å²) < 4.78 is 10.9. The monoisotopic (exact) mass is 205 g/mol. The molecule has 0 atom stereocenters. The van der Waals surface area contributed by atoms with Crippen LogP contribution in [-0.4, -0.2) is 13.2 Å². The van der Waals surface area contributed by atoms with Crippen LogP contribution < -0.4 is 9.47 Å². The van der Waals surface area contributed by atoms with E-state index in [1.54, 1.807) is 0 Å². The van der Waals surface area contributed by atoms with E-state index >= 15 is 0 Å². The quantitative estimate of drug-likeness (QED) is 0.670. The number of nitriles is 1. The second-order valence-electron chi connectivity index (χ2n) is 2.99. The lowest BCUT2D eigenvalue weighted by Crippen LogP contribution is -2.00. The van der Waals surface area contributed by atoms with Gasteiger partial charge >= 0.3 is 0 Å². The van der Waals surface area contributed by atoms with Crippen LogP contribution in [0.25, 0.3) is 0 Å². The van der Waals surface area contributed by atoms with Gasteiger partial charge in [0.2, 0.25) is 0 Å². The third kappa shape index (κ3) is 3.90. The third-order valence-corrected chi connectivity index (χ3v) is 1.84. The Morgan fingerprint density at radius 3 is 2.47 bits per heavy atom. The van der Waals surface area contributed by atoms with Crippen LogP contribution in [0.15, 0.2) is 24.3 Å². The summed E-state index contributed by atoms with van der Waals surface area (Å²) in [5.41, 5.74) is 0. The van der Waals surface area contributed by atoms with Crippen LogP contribution in [-0.2, 0) is 0 Å². The molecule has 0 aromatic heterocycles. The summed E-state index contributed by atoms with van der Waals surface area (Å²) in [6.45, 7) is 3.11. The fourth-order valence-electron chi connectivity index (χ4n) is 1.18. The number of hydrogen-bond donors (Lipinski definition) is 0. The highest BCUT2D eigenvalue weighted by Gasteiger charge is 2.02. The average Bonchev–Trinajstić information content (AvgIpc) is 2.27. The van der Waals surface area contributed by atoms with Crippen LogP contribution in [0.4, 0.5) is 0 Å². The third-order valence-electron chi connectivity index (χ3n) is 1.84. The van der Waals surface area contributed by atoms with Crippen LogP contribution in [0.5, 0.6) is 11.5 Å². The van der Waals surface area contributed by atoms with Gasteiger partial charge in [-0.2, -0.15) is 5.26 Å². The molecule has 1 aromatic carbocycles. The summed E-state index contributed by atoms with van der Waals surface area (Å²) in [7, 11) is 0. The molecule has 80 valence electrons. The Balaban J connectivity index is 2.48. The van der Waals surface area contributed by atoms with Crippen molar-refractivity contribution in [3.63, 3.8) is 0 Å². The minimum Gasteiger partial charge on any atom is -0.490 e. The molecule has 0 unspecified atom stereocenters. The Kier molecular flexibility index (Phi) is 5.10. The Bertz CT molecular complexity index is 331. The summed E-state index contributed by atoms with van der Waals surface area (Å²) in [5, 5.41) is 8.37. The number of unbranched alkanes of at least 4 members (excludes halogenated alkanes) is 1. The van der Waals surface area contributed by atoms with Gasteiger partial charge < -0.3 is 9.47 Å². The molecule has 0 radical (unpaired) electrons. The number of benzene rings is 1. The van der Waals surface area contributed by atoms with Crippen LogP contribution in [0.3, 0.4) is 0 Å². The zero-order valence-corrected chi connectivity index (χ0v) is 8.90. The Hall–Kier alpha value is -1.69. The maximum Gasteiger partial charge on any atom is 0.161 e. The average molecular weight is 205 g/mol. The minimum absolute atomic E-state index is 0.525. The SMILES string of the molecule is CCOc1ccccc1OCCCC#N. The van der Waals surface area contributed by atoms with E-state index in [1.807, 2.05) is 31.2 Å². The first-order valence-electron chi connectivity index (χ1n) is 5.10. The predicted octanol–water partition coefficient (Wildman–Crippen LogP) is 2.77. The number of nitrogens with zero attached hydrogens (tertiary/aromatic N) is 1. The van der Waals surface area contributed by atoms with E-state index in [0.29, 0.717) is 19.6 Å². The van der Waals surface area contributed by atoms with Gasteiger partial charge in [0.15, 0.2) is 11.5 Å². The van der Waals surface area contributed by atoms with Crippen molar-refractivity contribution in [2.24, 2.45) is 0 Å². The zero-order chi connectivity index (χ0) is 10.9. The van der Waals surface area contributed by atoms with Gasteiger partial charge in [-0.05, 0) is 25.5 Å². The molecule has 1 aromatic rings. The number of para-hydroxylation sites is 2. The molecule has 0 saturated heterocycles. The molecule has 0 spiro atoms. The highest BCUT2D eigenvalue weighted by molar-refractivity contribution is 5.39. The zero-order valence-electron chi connectivity index (χ0n) is 8.90. The summed E-state index contributed by atoms with van der Waals surface area (Å²) >= 11 is 0. The molecule has 3 nitrogen and oxygen atoms in total. The molecular weight excluding hydrogens is 190 g/mol. The largest absolute Gasteiger partial charge is 0.490 e. The van der Waals surface area contributed by atoms with Crippen LogP contribution >= 0.6 is 0 Å². The second-order valence-corrected chi connectivity index (χ2v) is 2.99. The fourth-order valence-corrected chi connectivity index (χ4v) is 1.18. The lowest BCUT2D eigenvalue weighted by Gasteiger charge is -2.10. The van der Waals surface area contributed by atoms with E-state index in [-0.39, 0.29) is 0 Å². The molecule has 3 heteroatoms. The molecule has 0 N–H and O–H groups in total. The van der Waals surface area contributed by atoms with Gasteiger partial charge in [-0.15, -0.1) is 0 Å². The van der Waals surface area contributed by atoms with Crippen molar-refractivity contribution in [3.8, 4) is 17.6 Å². The van der Waals surface area contributed by atoms with Gasteiger partial charge in [0, 0.05) is 6.42 Å². The smallest absolute Gasteiger partial charge is 0.161 e. The van der Waals surface area contributed by atoms with Gasteiger partial charge in [-0.1, -0.05) is 12.1 Å². The van der Waals surface area contributed by atoms with Gasteiger partial charge in [-0.25, -0.2) is 0 Å². The standard InChI is InChI=1S/C12H15NO2/c1-2-14-11-7-3-4-8-12(11)15-10-6-5-9-13/h3-4,7-8H,2,5-6,10H2,1H3. The van der Waals surface area contributed by atoms with E-state index in [9.17, 15) is 0 Å². The summed E-state index contributed by atoms with van der Waals surface area (Å²) in [5.74, 6) is 1.51. The molecule has 0 amide bonds. The van der Waals surface area contributed by atoms with Crippen molar-refractivity contribution < 1.29 is 9.47 Å². The van der Waals surface area contributed by atoms with E-state index < -0.39 is 0 Å². The van der Waals surface area contributed by atoms with Crippen molar-refractivity contribution in [2.75, 3.05) is 13.2 Å². The van der Waals surface area contributed by atoms with E-state index in [0.717, 1.165) is 17.9 Å². The first kappa shape index (κ1) is 11.4. The normalized spacial score (nSPS) is 9.33. The van der Waals surface area contributed by atoms with E-state index in [1.165, 1.54) is 0 Å². The molecule has 0 aliphatic carbocycles. The second kappa shape index (κ2) is 6.72. The summed E-state index contributed by atoms with van der Waals surface area (Å²) in [4.78, 5) is 0. The van der Waals surface area contributed by atoms with Gasteiger partial charge in [-0.3, -0.25) is 0 Å². The Morgan fingerprint density at radius 1 is 1.20 bits per heavy atom. The molecule has 1 rings (SSSR count). The lowest BCUT2D eigenvalue weighted by molar-refractivity contribution is 0.274. The van der Waals surface area contributed by atoms with Gasteiger partial charge in [0.05, 0.1) is 19.3 Å². The van der Waals surface area contributed by atoms with Gasteiger partial charge in [0.1, 0.15) is 0 Å². The molecule has 0 fully saturated rings. The molecule has 0 saturated carbocycles. The van der Waals surface area contributed by atoms with Gasteiger partial charge in [0.25, 0.3) is 0 Å². The van der Waals surface area contributed by atoms with E-state index in [2.05, 4.69) is 6.07 Å². The minimum atomic E-state index is 0.525. The molecule has 0 aliphatic rings. The summed E-state index contributed by atoms with van der Waals surface area (Å²) in [6.07, 6.45) is 1.27. The number of rotatable bonds is 6.